The number of nitrogens with one attached hydrogen (secondary N) is 1. The molecule has 118 valence electrons. The van der Waals surface area contributed by atoms with Gasteiger partial charge in [0.2, 0.25) is 5.91 Å². The van der Waals surface area contributed by atoms with E-state index in [1.54, 1.807) is 16.3 Å². The first-order valence-electron chi connectivity index (χ1n) is 6.46. The number of carbonyl (C=O) groups is 1. The van der Waals surface area contributed by atoms with Gasteiger partial charge < -0.3 is 9.64 Å². The lowest BCUT2D eigenvalue weighted by molar-refractivity contribution is -0.136. The van der Waals surface area contributed by atoms with Gasteiger partial charge in [-0.2, -0.15) is 0 Å². The Kier molecular flexibility index (Phi) is 5.78. The summed E-state index contributed by atoms with van der Waals surface area (Å²) in [5.41, 5.74) is 0. The predicted octanol–water partition coefficient (Wildman–Crippen LogP) is 1.43. The molecule has 0 radical (unpaired) electrons. The molecule has 0 atom stereocenters. The minimum Gasteiger partial charge on any atom is -0.375 e. The van der Waals surface area contributed by atoms with Crippen LogP contribution in [0.3, 0.4) is 0 Å². The predicted molar refractivity (Wildman–Crippen MR) is 83.8 cm³/mol. The van der Waals surface area contributed by atoms with Gasteiger partial charge in [0.05, 0.1) is 0 Å². The van der Waals surface area contributed by atoms with E-state index in [0.29, 0.717) is 34.6 Å². The first-order chi connectivity index (χ1) is 9.94. The van der Waals surface area contributed by atoms with Gasteiger partial charge in [-0.3, -0.25) is 4.79 Å². The Morgan fingerprint density at radius 3 is 2.71 bits per heavy atom. The number of carbonyl (C=O) groups excluding carboxylic acids is 1. The third kappa shape index (κ3) is 4.26. The number of amides is 1. The highest BCUT2D eigenvalue weighted by atomic mass is 79.9. The van der Waals surface area contributed by atoms with Gasteiger partial charge in [-0.05, 0) is 40.2 Å². The Morgan fingerprint density at radius 1 is 1.52 bits per heavy atom. The minimum atomic E-state index is -3.50. The Labute approximate surface area is 136 Å². The molecule has 1 aliphatic rings. The van der Waals surface area contributed by atoms with E-state index < -0.39 is 10.0 Å². The maximum Gasteiger partial charge on any atom is 0.251 e. The van der Waals surface area contributed by atoms with Crippen LogP contribution in [-0.4, -0.2) is 52.1 Å². The van der Waals surface area contributed by atoms with E-state index in [-0.39, 0.29) is 18.6 Å². The number of ether oxygens (including phenoxy) is 1. The topological polar surface area (TPSA) is 75.7 Å². The third-order valence-electron chi connectivity index (χ3n) is 3.27. The molecule has 1 amide bonds. The average Bonchev–Trinajstić information content (AvgIpc) is 2.86. The summed E-state index contributed by atoms with van der Waals surface area (Å²) in [7, 11) is -2.02. The van der Waals surface area contributed by atoms with E-state index in [0.717, 1.165) is 0 Å². The van der Waals surface area contributed by atoms with Crippen LogP contribution in [-0.2, 0) is 19.6 Å². The number of methoxy groups -OCH3 is 1. The van der Waals surface area contributed by atoms with Crippen LogP contribution in [0.15, 0.2) is 20.1 Å². The quantitative estimate of drug-likeness (QED) is 0.816. The Morgan fingerprint density at radius 2 is 2.19 bits per heavy atom. The summed E-state index contributed by atoms with van der Waals surface area (Å²) in [6.07, 6.45) is 1.22. The normalized spacial score (nSPS) is 17.1. The standard InChI is InChI=1S/C12H17BrN2O4S2/c1-19-8-11(16)15-5-2-9(3-6-15)14-21(17,18)12-10(13)4-7-20-12/h4,7,9,14H,2-3,5-6,8H2,1H3. The summed E-state index contributed by atoms with van der Waals surface area (Å²) in [5.74, 6) is -0.0557. The third-order valence-corrected chi connectivity index (χ3v) is 7.46. The molecule has 21 heavy (non-hydrogen) atoms. The van der Waals surface area contributed by atoms with Crippen LogP contribution in [0, 0.1) is 0 Å². The number of hydrogen-bond donors (Lipinski definition) is 1. The van der Waals surface area contributed by atoms with E-state index in [1.165, 1.54) is 18.4 Å². The van der Waals surface area contributed by atoms with Crippen molar-refractivity contribution >= 4 is 43.2 Å². The van der Waals surface area contributed by atoms with E-state index in [4.69, 9.17) is 4.74 Å². The number of thiophene rings is 1. The number of halogens is 1. The summed E-state index contributed by atoms with van der Waals surface area (Å²) >= 11 is 4.42. The molecule has 9 heteroatoms. The molecule has 0 bridgehead atoms. The zero-order chi connectivity index (χ0) is 15.5. The van der Waals surface area contributed by atoms with E-state index in [2.05, 4.69) is 20.7 Å². The van der Waals surface area contributed by atoms with Crippen LogP contribution in [0.4, 0.5) is 0 Å². The van der Waals surface area contributed by atoms with Crippen molar-refractivity contribution in [1.29, 1.82) is 0 Å². The maximum atomic E-state index is 12.3. The van der Waals surface area contributed by atoms with Crippen molar-refractivity contribution in [3.05, 3.63) is 15.9 Å². The highest BCUT2D eigenvalue weighted by molar-refractivity contribution is 9.10. The molecule has 0 aromatic carbocycles. The number of nitrogens with zero attached hydrogens (tertiary/aromatic N) is 1. The van der Waals surface area contributed by atoms with Crippen LogP contribution in [0.1, 0.15) is 12.8 Å². The summed E-state index contributed by atoms with van der Waals surface area (Å²) < 4.78 is 32.9. The van der Waals surface area contributed by atoms with Gasteiger partial charge in [0.25, 0.3) is 10.0 Å². The largest absolute Gasteiger partial charge is 0.375 e. The van der Waals surface area contributed by atoms with Crippen molar-refractivity contribution in [2.45, 2.75) is 23.1 Å². The molecule has 1 saturated heterocycles. The number of rotatable bonds is 5. The molecule has 0 unspecified atom stereocenters. The second-order valence-electron chi connectivity index (χ2n) is 4.77. The first-order valence-corrected chi connectivity index (χ1v) is 9.61. The van der Waals surface area contributed by atoms with Crippen molar-refractivity contribution in [3.8, 4) is 0 Å². The van der Waals surface area contributed by atoms with Crippen LogP contribution in [0.5, 0.6) is 0 Å². The molecule has 6 nitrogen and oxygen atoms in total. The zero-order valence-corrected chi connectivity index (χ0v) is 14.8. The summed E-state index contributed by atoms with van der Waals surface area (Å²) in [6, 6.07) is 1.57. The molecule has 0 aliphatic carbocycles. The Balaban J connectivity index is 1.92. The summed E-state index contributed by atoms with van der Waals surface area (Å²) in [6.45, 7) is 1.15. The van der Waals surface area contributed by atoms with Gasteiger partial charge in [0.1, 0.15) is 10.8 Å². The van der Waals surface area contributed by atoms with Crippen molar-refractivity contribution in [2.75, 3.05) is 26.8 Å². The number of piperidine rings is 1. The minimum absolute atomic E-state index is 0.0557. The summed E-state index contributed by atoms with van der Waals surface area (Å²) in [4.78, 5) is 13.4. The van der Waals surface area contributed by atoms with Gasteiger partial charge >= 0.3 is 0 Å². The van der Waals surface area contributed by atoms with Crippen molar-refractivity contribution in [2.24, 2.45) is 0 Å². The molecular weight excluding hydrogens is 380 g/mol. The van der Waals surface area contributed by atoms with Gasteiger partial charge in [0, 0.05) is 30.7 Å². The van der Waals surface area contributed by atoms with Gasteiger partial charge in [-0.1, -0.05) is 0 Å². The highest BCUT2D eigenvalue weighted by Crippen LogP contribution is 2.28. The monoisotopic (exact) mass is 396 g/mol. The van der Waals surface area contributed by atoms with Crippen molar-refractivity contribution in [1.82, 2.24) is 9.62 Å². The summed E-state index contributed by atoms with van der Waals surface area (Å²) in [5, 5.41) is 1.73. The number of likely N-dealkylation sites (tertiary alicyclic amines) is 1. The van der Waals surface area contributed by atoms with Gasteiger partial charge in [-0.15, -0.1) is 11.3 Å². The van der Waals surface area contributed by atoms with Crippen molar-refractivity contribution < 1.29 is 17.9 Å². The number of sulfonamides is 1. The highest BCUT2D eigenvalue weighted by Gasteiger charge is 2.28. The fourth-order valence-electron chi connectivity index (χ4n) is 2.21. The second-order valence-corrected chi connectivity index (χ2v) is 8.45. The van der Waals surface area contributed by atoms with Crippen LogP contribution < -0.4 is 4.72 Å². The maximum absolute atomic E-state index is 12.3. The fraction of sp³-hybridized carbons (Fsp3) is 0.583. The molecule has 1 N–H and O–H groups in total. The van der Waals surface area contributed by atoms with Gasteiger partial charge in [0.15, 0.2) is 0 Å². The molecular formula is C12H17BrN2O4S2. The molecule has 2 rings (SSSR count). The molecule has 2 heterocycles. The van der Waals surface area contributed by atoms with Crippen LogP contribution in [0.25, 0.3) is 0 Å². The van der Waals surface area contributed by atoms with Crippen LogP contribution in [0.2, 0.25) is 0 Å². The fourth-order valence-corrected chi connectivity index (χ4v) is 5.87. The smallest absolute Gasteiger partial charge is 0.251 e. The SMILES string of the molecule is COCC(=O)N1CCC(NS(=O)(=O)c2sccc2Br)CC1. The van der Waals surface area contributed by atoms with Crippen LogP contribution >= 0.6 is 27.3 Å². The lowest BCUT2D eigenvalue weighted by Gasteiger charge is -2.32. The van der Waals surface area contributed by atoms with Gasteiger partial charge in [-0.25, -0.2) is 13.1 Å². The molecule has 1 aromatic heterocycles. The first kappa shape index (κ1) is 16.9. The Bertz CT molecular complexity index is 594. The van der Waals surface area contributed by atoms with Crippen molar-refractivity contribution in [3.63, 3.8) is 0 Å². The lowest BCUT2D eigenvalue weighted by atomic mass is 10.1. The molecule has 1 fully saturated rings. The molecule has 1 aromatic rings. The number of hydrogen-bond acceptors (Lipinski definition) is 5. The molecule has 0 saturated carbocycles. The molecule has 1 aliphatic heterocycles. The Hall–Kier alpha value is -0.480. The van der Waals surface area contributed by atoms with E-state index in [1.807, 2.05) is 0 Å². The average molecular weight is 397 g/mol. The van der Waals surface area contributed by atoms with E-state index >= 15 is 0 Å². The van der Waals surface area contributed by atoms with E-state index in [9.17, 15) is 13.2 Å². The second kappa shape index (κ2) is 7.19. The zero-order valence-electron chi connectivity index (χ0n) is 11.5. The lowest BCUT2D eigenvalue weighted by Crippen LogP contribution is -2.47. The molecule has 0 spiro atoms.